The third-order valence-corrected chi connectivity index (χ3v) is 4.47. The summed E-state index contributed by atoms with van der Waals surface area (Å²) in [7, 11) is 0. The van der Waals surface area contributed by atoms with Gasteiger partial charge >= 0.3 is 5.97 Å². The van der Waals surface area contributed by atoms with E-state index < -0.39 is 17.8 Å². The van der Waals surface area contributed by atoms with E-state index in [2.05, 4.69) is 5.32 Å². The van der Waals surface area contributed by atoms with Crippen molar-refractivity contribution in [2.24, 2.45) is 11.8 Å². The van der Waals surface area contributed by atoms with Crippen LogP contribution in [0.1, 0.15) is 25.7 Å². The number of rotatable bonds is 3. The van der Waals surface area contributed by atoms with Crippen molar-refractivity contribution in [1.29, 1.82) is 0 Å². The Morgan fingerprint density at radius 1 is 0.955 bits per heavy atom. The van der Waals surface area contributed by atoms with Crippen LogP contribution in [0.5, 0.6) is 0 Å². The number of carbonyl (C=O) groups excluding carboxylic acids is 1. The molecule has 0 unspecified atom stereocenters. The first kappa shape index (κ1) is 14.6. The maximum atomic E-state index is 12.6. The van der Waals surface area contributed by atoms with Crippen molar-refractivity contribution in [3.63, 3.8) is 0 Å². The van der Waals surface area contributed by atoms with Gasteiger partial charge in [0.15, 0.2) is 0 Å². The SMILES string of the molecule is O=C(O)[C@H]1CCCC[C@H]1C(=O)Nc1cccc2ccccc12. The first-order chi connectivity index (χ1) is 10.7. The van der Waals surface area contributed by atoms with Gasteiger partial charge < -0.3 is 10.4 Å². The van der Waals surface area contributed by atoms with Crippen molar-refractivity contribution in [3.05, 3.63) is 42.5 Å². The van der Waals surface area contributed by atoms with Crippen LogP contribution in [0.25, 0.3) is 10.8 Å². The van der Waals surface area contributed by atoms with E-state index in [1.165, 1.54) is 0 Å². The molecule has 0 spiro atoms. The summed E-state index contributed by atoms with van der Waals surface area (Å²) in [4.78, 5) is 23.9. The molecule has 4 heteroatoms. The van der Waals surface area contributed by atoms with Gasteiger partial charge in [0.2, 0.25) is 5.91 Å². The predicted molar refractivity (Wildman–Crippen MR) is 85.7 cm³/mol. The molecule has 0 aliphatic heterocycles. The lowest BCUT2D eigenvalue weighted by atomic mass is 9.78. The molecule has 0 heterocycles. The van der Waals surface area contributed by atoms with Gasteiger partial charge in [-0.15, -0.1) is 0 Å². The zero-order valence-electron chi connectivity index (χ0n) is 12.3. The number of fused-ring (bicyclic) bond motifs is 1. The first-order valence-electron chi connectivity index (χ1n) is 7.68. The molecule has 1 fully saturated rings. The lowest BCUT2D eigenvalue weighted by molar-refractivity contribution is -0.147. The highest BCUT2D eigenvalue weighted by Crippen LogP contribution is 2.32. The number of carboxylic acid groups (broad SMARTS) is 1. The van der Waals surface area contributed by atoms with Gasteiger partial charge in [-0.05, 0) is 24.3 Å². The van der Waals surface area contributed by atoms with E-state index in [0.717, 1.165) is 29.3 Å². The Labute approximate surface area is 129 Å². The summed E-state index contributed by atoms with van der Waals surface area (Å²) in [6.07, 6.45) is 3.03. The molecular formula is C18H19NO3. The van der Waals surface area contributed by atoms with Crippen LogP contribution in [0.3, 0.4) is 0 Å². The van der Waals surface area contributed by atoms with Crippen molar-refractivity contribution in [3.8, 4) is 0 Å². The summed E-state index contributed by atoms with van der Waals surface area (Å²) in [6, 6.07) is 13.6. The number of carbonyl (C=O) groups is 2. The van der Waals surface area contributed by atoms with Gasteiger partial charge in [0.05, 0.1) is 11.8 Å². The third-order valence-electron chi connectivity index (χ3n) is 4.47. The molecule has 1 aliphatic rings. The Morgan fingerprint density at radius 2 is 1.64 bits per heavy atom. The van der Waals surface area contributed by atoms with E-state index in [1.807, 2.05) is 42.5 Å². The number of anilines is 1. The van der Waals surface area contributed by atoms with Gasteiger partial charge in [0, 0.05) is 11.1 Å². The highest BCUT2D eigenvalue weighted by atomic mass is 16.4. The fraction of sp³-hybridized carbons (Fsp3) is 0.333. The standard InChI is InChI=1S/C18H19NO3/c20-17(14-9-3-4-10-15(14)18(21)22)19-16-11-5-7-12-6-1-2-8-13(12)16/h1-2,5-8,11,14-15H,3-4,9-10H2,(H,19,20)(H,21,22)/t14-,15+/m1/s1. The van der Waals surface area contributed by atoms with Crippen LogP contribution in [-0.4, -0.2) is 17.0 Å². The molecule has 3 rings (SSSR count). The summed E-state index contributed by atoms with van der Waals surface area (Å²) in [5.41, 5.74) is 0.748. The van der Waals surface area contributed by atoms with Crippen molar-refractivity contribution in [2.45, 2.75) is 25.7 Å². The average Bonchev–Trinajstić information content (AvgIpc) is 2.55. The summed E-state index contributed by atoms with van der Waals surface area (Å²) in [6.45, 7) is 0. The predicted octanol–water partition coefficient (Wildman–Crippen LogP) is 3.67. The summed E-state index contributed by atoms with van der Waals surface area (Å²) in [5, 5.41) is 14.3. The smallest absolute Gasteiger partial charge is 0.307 e. The van der Waals surface area contributed by atoms with E-state index in [9.17, 15) is 14.7 Å². The van der Waals surface area contributed by atoms with Gasteiger partial charge in [0.1, 0.15) is 0 Å². The number of aliphatic carboxylic acids is 1. The molecule has 0 saturated heterocycles. The monoisotopic (exact) mass is 297 g/mol. The lowest BCUT2D eigenvalue weighted by Crippen LogP contribution is -2.36. The summed E-state index contributed by atoms with van der Waals surface area (Å²) < 4.78 is 0. The van der Waals surface area contributed by atoms with Crippen molar-refractivity contribution < 1.29 is 14.7 Å². The minimum Gasteiger partial charge on any atom is -0.481 e. The Kier molecular flexibility index (Phi) is 4.09. The number of benzene rings is 2. The molecular weight excluding hydrogens is 278 g/mol. The highest BCUT2D eigenvalue weighted by molar-refractivity contribution is 6.03. The van der Waals surface area contributed by atoms with Crippen LogP contribution in [0, 0.1) is 11.8 Å². The number of hydrogen-bond donors (Lipinski definition) is 2. The molecule has 2 N–H and O–H groups in total. The van der Waals surface area contributed by atoms with E-state index in [4.69, 9.17) is 0 Å². The summed E-state index contributed by atoms with van der Waals surface area (Å²) >= 11 is 0. The molecule has 114 valence electrons. The molecule has 2 aromatic rings. The minimum absolute atomic E-state index is 0.177. The minimum atomic E-state index is -0.863. The number of carboxylic acids is 1. The molecule has 1 aliphatic carbocycles. The molecule has 2 aromatic carbocycles. The number of amides is 1. The van der Waals surface area contributed by atoms with E-state index >= 15 is 0 Å². The van der Waals surface area contributed by atoms with E-state index in [1.54, 1.807) is 0 Å². The van der Waals surface area contributed by atoms with Crippen LogP contribution in [-0.2, 0) is 9.59 Å². The summed E-state index contributed by atoms with van der Waals surface area (Å²) in [5.74, 6) is -2.05. The zero-order valence-corrected chi connectivity index (χ0v) is 12.3. The van der Waals surface area contributed by atoms with Gasteiger partial charge in [-0.2, -0.15) is 0 Å². The maximum absolute atomic E-state index is 12.6. The molecule has 2 atom stereocenters. The molecule has 4 nitrogen and oxygen atoms in total. The molecule has 22 heavy (non-hydrogen) atoms. The lowest BCUT2D eigenvalue weighted by Gasteiger charge is -2.27. The Balaban J connectivity index is 1.85. The second kappa shape index (κ2) is 6.18. The van der Waals surface area contributed by atoms with Gasteiger partial charge in [-0.25, -0.2) is 0 Å². The maximum Gasteiger partial charge on any atom is 0.307 e. The fourth-order valence-corrected chi connectivity index (χ4v) is 3.30. The fourth-order valence-electron chi connectivity index (χ4n) is 3.30. The second-order valence-corrected chi connectivity index (χ2v) is 5.85. The molecule has 0 bridgehead atoms. The van der Waals surface area contributed by atoms with Gasteiger partial charge in [-0.3, -0.25) is 9.59 Å². The average molecular weight is 297 g/mol. The largest absolute Gasteiger partial charge is 0.481 e. The third kappa shape index (κ3) is 2.82. The van der Waals surface area contributed by atoms with E-state index in [-0.39, 0.29) is 5.91 Å². The quantitative estimate of drug-likeness (QED) is 0.908. The molecule has 0 radical (unpaired) electrons. The van der Waals surface area contributed by atoms with Crippen LogP contribution in [0.15, 0.2) is 42.5 Å². The molecule has 0 aromatic heterocycles. The van der Waals surface area contributed by atoms with Crippen molar-refractivity contribution in [1.82, 2.24) is 0 Å². The van der Waals surface area contributed by atoms with Gasteiger partial charge in [0.25, 0.3) is 0 Å². The first-order valence-corrected chi connectivity index (χ1v) is 7.68. The Hall–Kier alpha value is -2.36. The second-order valence-electron chi connectivity index (χ2n) is 5.85. The number of hydrogen-bond acceptors (Lipinski definition) is 2. The van der Waals surface area contributed by atoms with Crippen LogP contribution in [0.4, 0.5) is 5.69 Å². The zero-order chi connectivity index (χ0) is 15.5. The number of nitrogens with one attached hydrogen (secondary N) is 1. The normalized spacial score (nSPS) is 21.5. The Morgan fingerprint density at radius 3 is 2.41 bits per heavy atom. The van der Waals surface area contributed by atoms with Crippen LogP contribution >= 0.6 is 0 Å². The van der Waals surface area contributed by atoms with Crippen molar-refractivity contribution >= 4 is 28.3 Å². The van der Waals surface area contributed by atoms with Crippen molar-refractivity contribution in [2.75, 3.05) is 5.32 Å². The van der Waals surface area contributed by atoms with Crippen LogP contribution in [0.2, 0.25) is 0 Å². The molecule has 1 amide bonds. The molecule has 1 saturated carbocycles. The topological polar surface area (TPSA) is 66.4 Å². The van der Waals surface area contributed by atoms with E-state index in [0.29, 0.717) is 12.8 Å². The van der Waals surface area contributed by atoms with Gasteiger partial charge in [-0.1, -0.05) is 49.2 Å². The van der Waals surface area contributed by atoms with Crippen LogP contribution < -0.4 is 5.32 Å². The Bertz CT molecular complexity index is 705. The highest BCUT2D eigenvalue weighted by Gasteiger charge is 2.35.